The number of nitrogens with one attached hydrogen (secondary N) is 1. The van der Waals surface area contributed by atoms with Gasteiger partial charge in [-0.3, -0.25) is 14.5 Å². The lowest BCUT2D eigenvalue weighted by molar-refractivity contribution is -0.124. The van der Waals surface area contributed by atoms with Crippen molar-refractivity contribution in [3.63, 3.8) is 0 Å². The highest BCUT2D eigenvalue weighted by Crippen LogP contribution is 2.11. The Labute approximate surface area is 119 Å². The molecule has 1 atom stereocenters. The minimum Gasteiger partial charge on any atom is -0.369 e. The second-order valence-electron chi connectivity index (χ2n) is 5.20. The Kier molecular flexibility index (Phi) is 6.41. The lowest BCUT2D eigenvalue weighted by Gasteiger charge is -2.21. The van der Waals surface area contributed by atoms with E-state index in [2.05, 4.69) is 5.32 Å². The third-order valence-electron chi connectivity index (χ3n) is 3.17. The van der Waals surface area contributed by atoms with Gasteiger partial charge in [-0.2, -0.15) is 0 Å². The van der Waals surface area contributed by atoms with E-state index in [1.807, 2.05) is 6.92 Å². The first-order chi connectivity index (χ1) is 9.32. The third kappa shape index (κ3) is 6.33. The van der Waals surface area contributed by atoms with Crippen LogP contribution in [0.2, 0.25) is 0 Å². The minimum absolute atomic E-state index is 0.00349. The summed E-state index contributed by atoms with van der Waals surface area (Å²) in [6, 6.07) is -0.311. The van der Waals surface area contributed by atoms with Gasteiger partial charge in [-0.1, -0.05) is 13.3 Å². The predicted octanol–water partition coefficient (Wildman–Crippen LogP) is -1.12. The zero-order chi connectivity index (χ0) is 15.2. The molecule has 0 aromatic heterocycles. The summed E-state index contributed by atoms with van der Waals surface area (Å²) < 4.78 is 22.6. The van der Waals surface area contributed by atoms with Crippen molar-refractivity contribution in [3.05, 3.63) is 0 Å². The van der Waals surface area contributed by atoms with Crippen LogP contribution in [0.3, 0.4) is 0 Å². The highest BCUT2D eigenvalue weighted by molar-refractivity contribution is 7.91. The molecule has 3 N–H and O–H groups in total. The standard InChI is InChI=1S/C12H23N3O4S/c1-2-3-5-15(7-11(13)16)8-12(17)14-10-4-6-20(18,19)9-10/h10H,2-9H2,1H3,(H2,13,16)(H,14,17)/t10-/m0/s1. The number of nitrogens with zero attached hydrogens (tertiary/aromatic N) is 1. The van der Waals surface area contributed by atoms with E-state index in [4.69, 9.17) is 5.73 Å². The molecule has 1 fully saturated rings. The van der Waals surface area contributed by atoms with Crippen LogP contribution < -0.4 is 11.1 Å². The van der Waals surface area contributed by atoms with Crippen LogP contribution in [-0.4, -0.2) is 62.3 Å². The van der Waals surface area contributed by atoms with Crippen molar-refractivity contribution in [2.75, 3.05) is 31.1 Å². The first kappa shape index (κ1) is 16.9. The number of unbranched alkanes of at least 4 members (excludes halogenated alkanes) is 1. The van der Waals surface area contributed by atoms with Crippen molar-refractivity contribution in [1.82, 2.24) is 10.2 Å². The Morgan fingerprint density at radius 2 is 2.05 bits per heavy atom. The number of sulfone groups is 1. The van der Waals surface area contributed by atoms with Crippen molar-refractivity contribution in [2.24, 2.45) is 5.73 Å². The summed E-state index contributed by atoms with van der Waals surface area (Å²) in [5.41, 5.74) is 5.15. The van der Waals surface area contributed by atoms with Gasteiger partial charge < -0.3 is 11.1 Å². The van der Waals surface area contributed by atoms with E-state index in [1.165, 1.54) is 0 Å². The Hall–Kier alpha value is -1.15. The van der Waals surface area contributed by atoms with Crippen LogP contribution in [0.4, 0.5) is 0 Å². The number of rotatable bonds is 8. The first-order valence-electron chi connectivity index (χ1n) is 6.83. The van der Waals surface area contributed by atoms with Gasteiger partial charge in [0.25, 0.3) is 0 Å². The molecule has 8 heteroatoms. The van der Waals surface area contributed by atoms with Gasteiger partial charge >= 0.3 is 0 Å². The lowest BCUT2D eigenvalue weighted by atomic mass is 10.2. The Morgan fingerprint density at radius 1 is 1.35 bits per heavy atom. The van der Waals surface area contributed by atoms with Crippen LogP contribution in [0.1, 0.15) is 26.2 Å². The average Bonchev–Trinajstić information content (AvgIpc) is 2.64. The molecule has 0 aromatic rings. The normalized spacial score (nSPS) is 21.0. The second-order valence-corrected chi connectivity index (χ2v) is 7.43. The number of amides is 2. The third-order valence-corrected chi connectivity index (χ3v) is 4.94. The lowest BCUT2D eigenvalue weighted by Crippen LogP contribution is -2.45. The molecule has 0 spiro atoms. The molecular weight excluding hydrogens is 282 g/mol. The molecule has 0 aliphatic carbocycles. The molecule has 1 aliphatic heterocycles. The maximum absolute atomic E-state index is 11.9. The molecule has 20 heavy (non-hydrogen) atoms. The molecule has 0 aromatic carbocycles. The molecule has 0 saturated carbocycles. The molecule has 1 saturated heterocycles. The summed E-state index contributed by atoms with van der Waals surface area (Å²) in [4.78, 5) is 24.5. The van der Waals surface area contributed by atoms with Crippen molar-refractivity contribution < 1.29 is 18.0 Å². The predicted molar refractivity (Wildman–Crippen MR) is 75.7 cm³/mol. The van der Waals surface area contributed by atoms with E-state index in [0.29, 0.717) is 13.0 Å². The summed E-state index contributed by atoms with van der Waals surface area (Å²) in [5, 5.41) is 2.70. The van der Waals surface area contributed by atoms with Crippen molar-refractivity contribution >= 4 is 21.7 Å². The van der Waals surface area contributed by atoms with Gasteiger partial charge in [-0.25, -0.2) is 8.42 Å². The van der Waals surface area contributed by atoms with Crippen LogP contribution in [-0.2, 0) is 19.4 Å². The molecule has 116 valence electrons. The highest BCUT2D eigenvalue weighted by Gasteiger charge is 2.29. The smallest absolute Gasteiger partial charge is 0.234 e. The van der Waals surface area contributed by atoms with Crippen LogP contribution in [0, 0.1) is 0 Å². The van der Waals surface area contributed by atoms with E-state index >= 15 is 0 Å². The topological polar surface area (TPSA) is 110 Å². The van der Waals surface area contributed by atoms with E-state index in [1.54, 1.807) is 4.90 Å². The maximum Gasteiger partial charge on any atom is 0.234 e. The van der Waals surface area contributed by atoms with Crippen LogP contribution in [0.25, 0.3) is 0 Å². The monoisotopic (exact) mass is 305 g/mol. The minimum atomic E-state index is -3.01. The van der Waals surface area contributed by atoms with Gasteiger partial charge in [0.1, 0.15) is 0 Å². The average molecular weight is 305 g/mol. The summed E-state index contributed by atoms with van der Waals surface area (Å²) >= 11 is 0. The van der Waals surface area contributed by atoms with Crippen LogP contribution >= 0.6 is 0 Å². The van der Waals surface area contributed by atoms with E-state index in [0.717, 1.165) is 12.8 Å². The second kappa shape index (κ2) is 7.58. The summed E-state index contributed by atoms with van der Waals surface area (Å²) in [5.74, 6) is -0.607. The molecule has 1 rings (SSSR count). The Bertz CT molecular complexity index is 450. The fourth-order valence-electron chi connectivity index (χ4n) is 2.20. The van der Waals surface area contributed by atoms with Crippen molar-refractivity contribution in [1.29, 1.82) is 0 Å². The zero-order valence-electron chi connectivity index (χ0n) is 11.8. The number of carbonyl (C=O) groups is 2. The summed E-state index contributed by atoms with van der Waals surface area (Å²) in [7, 11) is -3.01. The Morgan fingerprint density at radius 3 is 2.55 bits per heavy atom. The van der Waals surface area contributed by atoms with Crippen molar-refractivity contribution in [3.8, 4) is 0 Å². The van der Waals surface area contributed by atoms with Gasteiger partial charge in [0.05, 0.1) is 24.6 Å². The summed E-state index contributed by atoms with van der Waals surface area (Å²) in [6.07, 6.45) is 2.29. The molecule has 7 nitrogen and oxygen atoms in total. The largest absolute Gasteiger partial charge is 0.369 e. The molecule has 1 aliphatic rings. The van der Waals surface area contributed by atoms with E-state index < -0.39 is 15.7 Å². The Balaban J connectivity index is 2.43. The quantitative estimate of drug-likeness (QED) is 0.590. The van der Waals surface area contributed by atoms with Gasteiger partial charge in [-0.15, -0.1) is 0 Å². The molecule has 0 radical (unpaired) electrons. The SMILES string of the molecule is CCCCN(CC(N)=O)CC(=O)N[C@H]1CCS(=O)(=O)C1. The molecule has 0 unspecified atom stereocenters. The van der Waals surface area contributed by atoms with Crippen LogP contribution in [0.15, 0.2) is 0 Å². The zero-order valence-corrected chi connectivity index (χ0v) is 12.6. The van der Waals surface area contributed by atoms with Crippen molar-refractivity contribution in [2.45, 2.75) is 32.2 Å². The maximum atomic E-state index is 11.9. The number of primary amides is 1. The highest BCUT2D eigenvalue weighted by atomic mass is 32.2. The molecule has 2 amide bonds. The van der Waals surface area contributed by atoms with Gasteiger partial charge in [0, 0.05) is 6.04 Å². The molecule has 1 heterocycles. The van der Waals surface area contributed by atoms with E-state index in [-0.39, 0.29) is 36.5 Å². The van der Waals surface area contributed by atoms with Gasteiger partial charge in [-0.05, 0) is 19.4 Å². The molecular formula is C12H23N3O4S. The fraction of sp³-hybridized carbons (Fsp3) is 0.833. The van der Waals surface area contributed by atoms with Gasteiger partial charge in [0.2, 0.25) is 11.8 Å². The number of carbonyl (C=O) groups excluding carboxylic acids is 2. The van der Waals surface area contributed by atoms with Gasteiger partial charge in [0.15, 0.2) is 9.84 Å². The first-order valence-corrected chi connectivity index (χ1v) is 8.65. The number of hydrogen-bond acceptors (Lipinski definition) is 5. The fourth-order valence-corrected chi connectivity index (χ4v) is 3.87. The molecule has 0 bridgehead atoms. The number of nitrogens with two attached hydrogens (primary N) is 1. The number of hydrogen-bond donors (Lipinski definition) is 2. The van der Waals surface area contributed by atoms with Crippen LogP contribution in [0.5, 0.6) is 0 Å². The summed E-state index contributed by atoms with van der Waals surface area (Å²) in [6.45, 7) is 2.75. The van der Waals surface area contributed by atoms with E-state index in [9.17, 15) is 18.0 Å².